The van der Waals surface area contributed by atoms with E-state index in [-0.39, 0.29) is 0 Å². The summed E-state index contributed by atoms with van der Waals surface area (Å²) in [6, 6.07) is 6.36. The number of ether oxygens (including phenoxy) is 2. The van der Waals surface area contributed by atoms with Gasteiger partial charge in [0.15, 0.2) is 21.7 Å². The van der Waals surface area contributed by atoms with Crippen molar-refractivity contribution in [1.29, 1.82) is 0 Å². The van der Waals surface area contributed by atoms with Gasteiger partial charge in [0, 0.05) is 12.6 Å². The third kappa shape index (κ3) is 6.84. The highest BCUT2D eigenvalue weighted by atomic mass is 32.1. The molecule has 8 heteroatoms. The second kappa shape index (κ2) is 11.0. The maximum atomic E-state index is 5.32. The molecule has 1 fully saturated rings. The molecule has 0 saturated heterocycles. The number of hydrazine groups is 1. The second-order valence-corrected chi connectivity index (χ2v) is 7.07. The Balaban J connectivity index is 1.64. The smallest absolute Gasteiger partial charge is 0.185 e. The van der Waals surface area contributed by atoms with Crippen LogP contribution in [0.1, 0.15) is 37.7 Å². The van der Waals surface area contributed by atoms with Gasteiger partial charge in [0.25, 0.3) is 0 Å². The van der Waals surface area contributed by atoms with Crippen molar-refractivity contribution in [3.8, 4) is 11.5 Å². The van der Waals surface area contributed by atoms with Crippen LogP contribution in [-0.2, 0) is 6.42 Å². The zero-order valence-electron chi connectivity index (χ0n) is 15.4. The van der Waals surface area contributed by atoms with Crippen LogP contribution in [0.25, 0.3) is 0 Å². The van der Waals surface area contributed by atoms with Gasteiger partial charge in [0.05, 0.1) is 14.2 Å². The van der Waals surface area contributed by atoms with Crippen LogP contribution < -0.4 is 31.0 Å². The van der Waals surface area contributed by atoms with E-state index in [9.17, 15) is 0 Å². The Morgan fingerprint density at radius 2 is 1.69 bits per heavy atom. The van der Waals surface area contributed by atoms with Gasteiger partial charge in [-0.25, -0.2) is 0 Å². The fraction of sp³-hybridized carbons (Fsp3) is 0.556. The lowest BCUT2D eigenvalue weighted by molar-refractivity contribution is 0.354. The number of hydrogen-bond donors (Lipinski definition) is 4. The molecule has 0 amide bonds. The third-order valence-electron chi connectivity index (χ3n) is 4.38. The van der Waals surface area contributed by atoms with Crippen LogP contribution >= 0.6 is 24.4 Å². The van der Waals surface area contributed by atoms with Crippen molar-refractivity contribution in [2.75, 3.05) is 20.8 Å². The van der Waals surface area contributed by atoms with E-state index in [0.29, 0.717) is 22.8 Å². The molecule has 1 aromatic rings. The van der Waals surface area contributed by atoms with E-state index < -0.39 is 0 Å². The van der Waals surface area contributed by atoms with Crippen molar-refractivity contribution in [3.63, 3.8) is 0 Å². The molecule has 0 spiro atoms. The molecule has 1 saturated carbocycles. The van der Waals surface area contributed by atoms with E-state index >= 15 is 0 Å². The van der Waals surface area contributed by atoms with Crippen molar-refractivity contribution in [1.82, 2.24) is 21.5 Å². The van der Waals surface area contributed by atoms with Gasteiger partial charge in [-0.05, 0) is 61.4 Å². The summed E-state index contributed by atoms with van der Waals surface area (Å²) in [5, 5.41) is 7.58. The van der Waals surface area contributed by atoms with Crippen molar-refractivity contribution >= 4 is 34.7 Å². The van der Waals surface area contributed by atoms with Crippen molar-refractivity contribution in [2.24, 2.45) is 0 Å². The third-order valence-corrected chi connectivity index (χ3v) is 4.84. The van der Waals surface area contributed by atoms with Crippen LogP contribution in [0.15, 0.2) is 18.2 Å². The van der Waals surface area contributed by atoms with E-state index in [0.717, 1.165) is 23.5 Å². The quantitative estimate of drug-likeness (QED) is 0.432. The maximum Gasteiger partial charge on any atom is 0.185 e. The van der Waals surface area contributed by atoms with Crippen LogP contribution in [0.5, 0.6) is 11.5 Å². The molecule has 0 aromatic heterocycles. The number of thiocarbonyl (C=S) groups is 2. The SMILES string of the molecule is COc1ccc(CCNC(=S)NNC(=S)NC2CCCCC2)cc1OC. The molecule has 0 atom stereocenters. The van der Waals surface area contributed by atoms with E-state index in [1.165, 1.54) is 32.1 Å². The summed E-state index contributed by atoms with van der Waals surface area (Å²) in [5.41, 5.74) is 7.00. The second-order valence-electron chi connectivity index (χ2n) is 6.25. The van der Waals surface area contributed by atoms with Crippen molar-refractivity contribution in [2.45, 2.75) is 44.6 Å². The van der Waals surface area contributed by atoms with Crippen LogP contribution in [0.4, 0.5) is 0 Å². The summed E-state index contributed by atoms with van der Waals surface area (Å²) in [4.78, 5) is 0. The number of rotatable bonds is 6. The average Bonchev–Trinajstić information content (AvgIpc) is 2.67. The molecule has 2 rings (SSSR count). The van der Waals surface area contributed by atoms with Crippen LogP contribution in [0.2, 0.25) is 0 Å². The van der Waals surface area contributed by atoms with Crippen molar-refractivity contribution in [3.05, 3.63) is 23.8 Å². The maximum absolute atomic E-state index is 5.32. The van der Waals surface area contributed by atoms with Gasteiger partial charge in [-0.3, -0.25) is 10.9 Å². The molecule has 0 bridgehead atoms. The zero-order valence-corrected chi connectivity index (χ0v) is 17.0. The highest BCUT2D eigenvalue weighted by Crippen LogP contribution is 2.27. The molecule has 0 unspecified atom stereocenters. The normalized spacial score (nSPS) is 14.2. The van der Waals surface area contributed by atoms with Gasteiger partial charge in [-0.15, -0.1) is 0 Å². The van der Waals surface area contributed by atoms with Crippen LogP contribution in [0.3, 0.4) is 0 Å². The minimum Gasteiger partial charge on any atom is -0.493 e. The van der Waals surface area contributed by atoms with Gasteiger partial charge in [0.1, 0.15) is 0 Å². The molecule has 1 aromatic carbocycles. The molecule has 4 N–H and O–H groups in total. The van der Waals surface area contributed by atoms with Gasteiger partial charge in [-0.2, -0.15) is 0 Å². The lowest BCUT2D eigenvalue weighted by Gasteiger charge is -2.24. The minimum absolute atomic E-state index is 0.470. The molecule has 6 nitrogen and oxygen atoms in total. The molecule has 26 heavy (non-hydrogen) atoms. The molecule has 0 aliphatic heterocycles. The van der Waals surface area contributed by atoms with E-state index in [2.05, 4.69) is 21.5 Å². The monoisotopic (exact) mass is 396 g/mol. The Labute approximate surface area is 166 Å². The number of benzene rings is 1. The van der Waals surface area contributed by atoms with E-state index in [4.69, 9.17) is 33.9 Å². The Morgan fingerprint density at radius 3 is 2.38 bits per heavy atom. The first-order chi connectivity index (χ1) is 12.6. The Morgan fingerprint density at radius 1 is 1.00 bits per heavy atom. The lowest BCUT2D eigenvalue weighted by atomic mass is 9.96. The Kier molecular flexibility index (Phi) is 8.70. The molecular formula is C18H28N4O2S2. The van der Waals surface area contributed by atoms with E-state index in [1.54, 1.807) is 14.2 Å². The fourth-order valence-corrected chi connectivity index (χ4v) is 3.35. The molecule has 1 aliphatic rings. The molecule has 0 heterocycles. The van der Waals surface area contributed by atoms with Crippen molar-refractivity contribution < 1.29 is 9.47 Å². The zero-order chi connectivity index (χ0) is 18.8. The molecule has 144 valence electrons. The van der Waals surface area contributed by atoms with Gasteiger partial charge < -0.3 is 20.1 Å². The first kappa shape index (κ1) is 20.5. The largest absolute Gasteiger partial charge is 0.493 e. The van der Waals surface area contributed by atoms with Crippen LogP contribution in [-0.4, -0.2) is 37.0 Å². The number of nitrogens with one attached hydrogen (secondary N) is 4. The number of methoxy groups -OCH3 is 2. The standard InChI is InChI=1S/C18H28N4O2S2/c1-23-15-9-8-13(12-16(15)24-2)10-11-19-17(25)21-22-18(26)20-14-6-4-3-5-7-14/h8-9,12,14H,3-7,10-11H2,1-2H3,(H2,19,21,25)(H2,20,22,26). The first-order valence-electron chi connectivity index (χ1n) is 8.93. The lowest BCUT2D eigenvalue weighted by Crippen LogP contribution is -2.52. The number of hydrogen-bond acceptors (Lipinski definition) is 4. The summed E-state index contributed by atoms with van der Waals surface area (Å²) in [7, 11) is 3.26. The molecule has 1 aliphatic carbocycles. The Bertz CT molecular complexity index is 607. The van der Waals surface area contributed by atoms with Crippen LogP contribution in [0, 0.1) is 0 Å². The molecule has 0 radical (unpaired) electrons. The summed E-state index contributed by atoms with van der Waals surface area (Å²) in [6.45, 7) is 0.700. The highest BCUT2D eigenvalue weighted by Gasteiger charge is 2.13. The minimum atomic E-state index is 0.470. The Hall–Kier alpha value is -1.80. The first-order valence-corrected chi connectivity index (χ1v) is 9.75. The van der Waals surface area contributed by atoms with Gasteiger partial charge in [0.2, 0.25) is 0 Å². The fourth-order valence-electron chi connectivity index (χ4n) is 2.98. The molecular weight excluding hydrogens is 368 g/mol. The summed E-state index contributed by atoms with van der Waals surface area (Å²) >= 11 is 10.6. The summed E-state index contributed by atoms with van der Waals surface area (Å²) in [5.74, 6) is 1.45. The highest BCUT2D eigenvalue weighted by molar-refractivity contribution is 7.80. The van der Waals surface area contributed by atoms with E-state index in [1.807, 2.05) is 18.2 Å². The van der Waals surface area contributed by atoms with Gasteiger partial charge in [-0.1, -0.05) is 25.3 Å². The predicted octanol–water partition coefficient (Wildman–Crippen LogP) is 2.42. The topological polar surface area (TPSA) is 66.6 Å². The van der Waals surface area contributed by atoms with Gasteiger partial charge >= 0.3 is 0 Å². The average molecular weight is 397 g/mol. The summed E-state index contributed by atoms with van der Waals surface area (Å²) in [6.07, 6.45) is 7.02. The predicted molar refractivity (Wildman–Crippen MR) is 113 cm³/mol. The summed E-state index contributed by atoms with van der Waals surface area (Å²) < 4.78 is 10.6.